The van der Waals surface area contributed by atoms with Crippen LogP contribution in [0.3, 0.4) is 0 Å². The summed E-state index contributed by atoms with van der Waals surface area (Å²) in [6, 6.07) is 0. The third kappa shape index (κ3) is 13.9. The second-order valence-corrected chi connectivity index (χ2v) is 11.1. The zero-order valence-electron chi connectivity index (χ0n) is 19.8. The van der Waals surface area contributed by atoms with Gasteiger partial charge in [0.2, 0.25) is 5.34 Å². The third-order valence-electron chi connectivity index (χ3n) is 4.83. The van der Waals surface area contributed by atoms with Gasteiger partial charge in [0.25, 0.3) is 0 Å². The highest BCUT2D eigenvalue weighted by molar-refractivity contribution is 7.53. The summed E-state index contributed by atoms with van der Waals surface area (Å²) in [5, 5.41) is 8.46. The Balaban J connectivity index is 5.13. The van der Waals surface area contributed by atoms with E-state index in [-0.39, 0.29) is 43.3 Å². The summed E-state index contributed by atoms with van der Waals surface area (Å²) in [5.41, 5.74) is 0. The van der Waals surface area contributed by atoms with Gasteiger partial charge >= 0.3 is 19.5 Å². The first-order valence-electron chi connectivity index (χ1n) is 11.2. The minimum Gasteiger partial charge on any atom is -0.462 e. The van der Waals surface area contributed by atoms with E-state index >= 15 is 0 Å². The first-order chi connectivity index (χ1) is 14.2. The molecule has 0 amide bonds. The van der Waals surface area contributed by atoms with E-state index in [0.717, 1.165) is 25.7 Å². The summed E-state index contributed by atoms with van der Waals surface area (Å²) in [6.07, 6.45) is 4.36. The summed E-state index contributed by atoms with van der Waals surface area (Å²) in [6.45, 7) is 3.65. The molecular formula is C21H43NO8P+. The smallest absolute Gasteiger partial charge is 0.362 e. The molecule has 9 nitrogen and oxygen atoms in total. The van der Waals surface area contributed by atoms with Crippen molar-refractivity contribution in [3.63, 3.8) is 0 Å². The molecule has 0 aliphatic carbocycles. The second-order valence-electron chi connectivity index (χ2n) is 9.22. The molecule has 0 rings (SSSR count). The maximum absolute atomic E-state index is 12.2. The van der Waals surface area contributed by atoms with Gasteiger partial charge in [0.1, 0.15) is 19.3 Å². The van der Waals surface area contributed by atoms with Gasteiger partial charge in [-0.2, -0.15) is 0 Å². The largest absolute Gasteiger partial charge is 0.462 e. The Morgan fingerprint density at radius 3 is 1.94 bits per heavy atom. The molecule has 10 heteroatoms. The monoisotopic (exact) mass is 468 g/mol. The van der Waals surface area contributed by atoms with E-state index in [2.05, 4.69) is 0 Å². The summed E-state index contributed by atoms with van der Waals surface area (Å²) >= 11 is 0. The van der Waals surface area contributed by atoms with Crippen LogP contribution in [0, 0.1) is 0 Å². The molecule has 0 aromatic heterocycles. The number of hydrogen-bond acceptors (Lipinski definition) is 6. The van der Waals surface area contributed by atoms with Crippen LogP contribution in [-0.2, 0) is 23.6 Å². The average Bonchev–Trinajstić information content (AvgIpc) is 2.62. The molecule has 0 spiro atoms. The summed E-state index contributed by atoms with van der Waals surface area (Å²) < 4.78 is 22.8. The van der Waals surface area contributed by atoms with Gasteiger partial charge in [-0.1, -0.05) is 39.5 Å². The molecule has 0 aromatic carbocycles. The van der Waals surface area contributed by atoms with Crippen LogP contribution in [0.15, 0.2) is 0 Å². The Hall–Kier alpha value is -0.990. The van der Waals surface area contributed by atoms with Crippen molar-refractivity contribution in [1.29, 1.82) is 0 Å². The molecule has 3 N–H and O–H groups in total. The topological polar surface area (TPSA) is 130 Å². The fourth-order valence-corrected chi connectivity index (χ4v) is 4.22. The maximum Gasteiger partial charge on any atom is 0.362 e. The van der Waals surface area contributed by atoms with Crippen molar-refractivity contribution >= 4 is 19.5 Å². The predicted molar refractivity (Wildman–Crippen MR) is 118 cm³/mol. The summed E-state index contributed by atoms with van der Waals surface area (Å²) in [5.74, 6) is -0.858. The first kappa shape index (κ1) is 30.0. The van der Waals surface area contributed by atoms with Crippen LogP contribution in [0.1, 0.15) is 78.1 Å². The Bertz CT molecular complexity index is 586. The van der Waals surface area contributed by atoms with E-state index in [9.17, 15) is 29.0 Å². The highest BCUT2D eigenvalue weighted by atomic mass is 31.2. The zero-order valence-corrected chi connectivity index (χ0v) is 20.7. The van der Waals surface area contributed by atoms with Crippen LogP contribution in [-0.4, -0.2) is 77.1 Å². The Morgan fingerprint density at radius 2 is 1.48 bits per heavy atom. The summed E-state index contributed by atoms with van der Waals surface area (Å²) in [4.78, 5) is 43.5. The second kappa shape index (κ2) is 14.2. The SMILES string of the molecule is CCCCCC(=O)OC[C@H](CCC(O)(C[N+](C)(C)C)P(=O)(O)O)OC(=O)CCCCC. The van der Waals surface area contributed by atoms with E-state index in [0.29, 0.717) is 12.8 Å². The molecule has 0 radical (unpaired) electrons. The number of nitrogens with zero attached hydrogens (tertiary/aromatic N) is 1. The van der Waals surface area contributed by atoms with Gasteiger partial charge in [0.15, 0.2) is 0 Å². The zero-order chi connectivity index (χ0) is 24.1. The van der Waals surface area contributed by atoms with Crippen molar-refractivity contribution in [2.45, 2.75) is 89.5 Å². The number of esters is 2. The Morgan fingerprint density at radius 1 is 0.968 bits per heavy atom. The summed E-state index contributed by atoms with van der Waals surface area (Å²) in [7, 11) is 0.276. The van der Waals surface area contributed by atoms with Crippen LogP contribution >= 0.6 is 7.60 Å². The van der Waals surface area contributed by atoms with Crippen molar-refractivity contribution in [2.24, 2.45) is 0 Å². The van der Waals surface area contributed by atoms with Gasteiger partial charge in [0, 0.05) is 12.8 Å². The fraction of sp³-hybridized carbons (Fsp3) is 0.905. The van der Waals surface area contributed by atoms with E-state index in [4.69, 9.17) is 9.47 Å². The van der Waals surface area contributed by atoms with E-state index < -0.39 is 31.0 Å². The number of carbonyl (C=O) groups is 2. The molecule has 0 saturated heterocycles. The van der Waals surface area contributed by atoms with Crippen molar-refractivity contribution in [2.75, 3.05) is 34.3 Å². The highest BCUT2D eigenvalue weighted by Crippen LogP contribution is 2.52. The number of likely N-dealkylation sites (N-methyl/N-ethyl adjacent to an activating group) is 1. The van der Waals surface area contributed by atoms with Gasteiger partial charge in [-0.25, -0.2) is 0 Å². The first-order valence-corrected chi connectivity index (χ1v) is 12.8. The molecule has 1 unspecified atom stereocenters. The minimum atomic E-state index is -4.86. The number of aliphatic hydroxyl groups is 1. The number of quaternary nitrogens is 1. The lowest BCUT2D eigenvalue weighted by atomic mass is 10.1. The van der Waals surface area contributed by atoms with Crippen molar-refractivity contribution in [1.82, 2.24) is 0 Å². The standard InChI is InChI=1S/C21H42NO8P/c1-6-8-10-12-19(23)29-16-18(30-20(24)13-11-9-7-2)14-15-21(25,31(26,27)28)17-22(3,4)5/h18,25H,6-17H2,1-5H3,(H-,26,27,28)/p+1/t18-,21?/m0/s1. The molecule has 0 aliphatic heterocycles. The number of carbonyl (C=O) groups excluding carboxylic acids is 2. The van der Waals surface area contributed by atoms with Gasteiger partial charge in [-0.05, 0) is 25.7 Å². The lowest BCUT2D eigenvalue weighted by Gasteiger charge is -2.36. The Kier molecular flexibility index (Phi) is 13.8. The van der Waals surface area contributed by atoms with Crippen LogP contribution in [0.25, 0.3) is 0 Å². The average molecular weight is 469 g/mol. The normalized spacial score (nSPS) is 15.2. The molecule has 0 bridgehead atoms. The molecule has 0 saturated carbocycles. The number of rotatable bonds is 17. The van der Waals surface area contributed by atoms with Gasteiger partial charge in [-0.15, -0.1) is 0 Å². The van der Waals surface area contributed by atoms with Crippen LogP contribution < -0.4 is 0 Å². The molecular weight excluding hydrogens is 425 g/mol. The molecule has 2 atom stereocenters. The van der Waals surface area contributed by atoms with Crippen LogP contribution in [0.5, 0.6) is 0 Å². The van der Waals surface area contributed by atoms with Crippen molar-refractivity contribution < 1.29 is 43.0 Å². The van der Waals surface area contributed by atoms with E-state index in [1.165, 1.54) is 0 Å². The van der Waals surface area contributed by atoms with Gasteiger partial charge < -0.3 is 28.9 Å². The van der Waals surface area contributed by atoms with Crippen molar-refractivity contribution in [3.05, 3.63) is 0 Å². The number of hydrogen-bond donors (Lipinski definition) is 3. The highest BCUT2D eigenvalue weighted by Gasteiger charge is 2.49. The molecule has 0 aliphatic rings. The predicted octanol–water partition coefficient (Wildman–Crippen LogP) is 2.95. The Labute approximate surface area is 186 Å². The molecule has 184 valence electrons. The van der Waals surface area contributed by atoms with E-state index in [1.807, 2.05) is 13.8 Å². The third-order valence-corrected chi connectivity index (χ3v) is 6.28. The van der Waals surface area contributed by atoms with Crippen molar-refractivity contribution in [3.8, 4) is 0 Å². The van der Waals surface area contributed by atoms with Crippen LogP contribution in [0.2, 0.25) is 0 Å². The molecule has 0 aromatic rings. The quantitative estimate of drug-likeness (QED) is 0.129. The van der Waals surface area contributed by atoms with Gasteiger partial charge in [-0.3, -0.25) is 14.2 Å². The minimum absolute atomic E-state index is 0.0383. The van der Waals surface area contributed by atoms with Crippen LogP contribution in [0.4, 0.5) is 0 Å². The number of ether oxygens (including phenoxy) is 2. The molecule has 0 heterocycles. The molecule has 31 heavy (non-hydrogen) atoms. The number of unbranched alkanes of at least 4 members (excludes halogenated alkanes) is 4. The lowest BCUT2D eigenvalue weighted by Crippen LogP contribution is -2.49. The lowest BCUT2D eigenvalue weighted by molar-refractivity contribution is -0.875. The van der Waals surface area contributed by atoms with Gasteiger partial charge in [0.05, 0.1) is 21.1 Å². The maximum atomic E-state index is 12.2. The van der Waals surface area contributed by atoms with E-state index in [1.54, 1.807) is 21.1 Å². The fourth-order valence-electron chi connectivity index (χ4n) is 3.19. The molecule has 0 fully saturated rings.